The van der Waals surface area contributed by atoms with Crippen LogP contribution in [0.5, 0.6) is 0 Å². The number of aliphatic hydroxyl groups is 1. The van der Waals surface area contributed by atoms with Crippen molar-refractivity contribution in [1.29, 1.82) is 5.41 Å². The molecule has 1 atom stereocenters. The van der Waals surface area contributed by atoms with Gasteiger partial charge in [0.1, 0.15) is 5.84 Å². The molecule has 1 rings (SSSR count). The molecule has 0 aliphatic rings. The van der Waals surface area contributed by atoms with Gasteiger partial charge in [0.15, 0.2) is 5.82 Å². The monoisotopic (exact) mass is 209 g/mol. The first-order valence-corrected chi connectivity index (χ1v) is 4.57. The lowest BCUT2D eigenvalue weighted by atomic mass is 10.2. The fraction of sp³-hybridized carbons (Fsp3) is 0.444. The van der Waals surface area contributed by atoms with Crippen LogP contribution in [0.4, 0.5) is 5.82 Å². The Kier molecular flexibility index (Phi) is 3.56. The molecule has 0 saturated heterocycles. The Morgan fingerprint density at radius 2 is 2.40 bits per heavy atom. The molecule has 1 aromatic rings. The molecule has 0 saturated carbocycles. The summed E-state index contributed by atoms with van der Waals surface area (Å²) in [5.41, 5.74) is 5.93. The highest BCUT2D eigenvalue weighted by Gasteiger charge is 2.12. The third kappa shape index (κ3) is 2.88. The summed E-state index contributed by atoms with van der Waals surface area (Å²) in [6, 6.07) is 1.63. The zero-order chi connectivity index (χ0) is 11.4. The first-order valence-electron chi connectivity index (χ1n) is 4.57. The largest absolute Gasteiger partial charge is 0.392 e. The van der Waals surface area contributed by atoms with Crippen LogP contribution in [-0.4, -0.2) is 40.8 Å². The van der Waals surface area contributed by atoms with Crippen LogP contribution < -0.4 is 10.6 Å². The normalized spacial score (nSPS) is 12.2. The van der Waals surface area contributed by atoms with Gasteiger partial charge in [-0.1, -0.05) is 0 Å². The summed E-state index contributed by atoms with van der Waals surface area (Å²) < 4.78 is 0. The SMILES string of the molecule is CC(O)CN(C)c1nnccc1C(=N)N. The fourth-order valence-electron chi connectivity index (χ4n) is 1.30. The highest BCUT2D eigenvalue weighted by molar-refractivity contribution is 5.99. The molecule has 0 spiro atoms. The average molecular weight is 209 g/mol. The van der Waals surface area contributed by atoms with Crippen molar-refractivity contribution in [2.75, 3.05) is 18.5 Å². The Labute approximate surface area is 88.2 Å². The van der Waals surface area contributed by atoms with E-state index in [1.54, 1.807) is 24.9 Å². The van der Waals surface area contributed by atoms with E-state index in [2.05, 4.69) is 10.2 Å². The summed E-state index contributed by atoms with van der Waals surface area (Å²) >= 11 is 0. The number of aliphatic hydroxyl groups excluding tert-OH is 1. The number of hydrogen-bond donors (Lipinski definition) is 3. The topological polar surface area (TPSA) is 99.1 Å². The second-order valence-corrected chi connectivity index (χ2v) is 3.41. The van der Waals surface area contributed by atoms with Gasteiger partial charge in [0.05, 0.1) is 17.9 Å². The van der Waals surface area contributed by atoms with Crippen LogP contribution in [0.25, 0.3) is 0 Å². The Morgan fingerprint density at radius 1 is 1.73 bits per heavy atom. The average Bonchev–Trinajstić information content (AvgIpc) is 2.16. The zero-order valence-electron chi connectivity index (χ0n) is 8.81. The number of hydrogen-bond acceptors (Lipinski definition) is 5. The molecule has 0 fully saturated rings. The number of likely N-dealkylation sites (N-methyl/N-ethyl adjacent to an activating group) is 1. The second kappa shape index (κ2) is 4.70. The number of nitrogens with one attached hydrogen (secondary N) is 1. The molecule has 1 heterocycles. The van der Waals surface area contributed by atoms with Gasteiger partial charge in [-0.05, 0) is 13.0 Å². The van der Waals surface area contributed by atoms with Gasteiger partial charge < -0.3 is 15.7 Å². The summed E-state index contributed by atoms with van der Waals surface area (Å²) in [5.74, 6) is 0.447. The lowest BCUT2D eigenvalue weighted by Gasteiger charge is -2.21. The van der Waals surface area contributed by atoms with E-state index in [-0.39, 0.29) is 5.84 Å². The van der Waals surface area contributed by atoms with E-state index in [4.69, 9.17) is 11.1 Å². The number of nitrogens with two attached hydrogens (primary N) is 1. The van der Waals surface area contributed by atoms with Crippen LogP contribution in [0.3, 0.4) is 0 Å². The van der Waals surface area contributed by atoms with Crippen molar-refractivity contribution in [2.45, 2.75) is 13.0 Å². The first-order chi connectivity index (χ1) is 7.02. The molecule has 0 amide bonds. The Bertz CT molecular complexity index is 352. The number of nitrogens with zero attached hydrogens (tertiary/aromatic N) is 3. The van der Waals surface area contributed by atoms with Gasteiger partial charge in [-0.2, -0.15) is 5.10 Å². The molecule has 4 N–H and O–H groups in total. The minimum Gasteiger partial charge on any atom is -0.392 e. The van der Waals surface area contributed by atoms with E-state index in [1.807, 2.05) is 0 Å². The molecule has 0 aliphatic heterocycles. The third-order valence-corrected chi connectivity index (χ3v) is 1.89. The molecule has 6 nitrogen and oxygen atoms in total. The van der Waals surface area contributed by atoms with Crippen LogP contribution in [0.2, 0.25) is 0 Å². The Balaban J connectivity index is 2.97. The number of amidine groups is 1. The van der Waals surface area contributed by atoms with Gasteiger partial charge in [0.25, 0.3) is 0 Å². The number of rotatable bonds is 4. The smallest absolute Gasteiger partial charge is 0.162 e. The van der Waals surface area contributed by atoms with Gasteiger partial charge in [-0.25, -0.2) is 0 Å². The van der Waals surface area contributed by atoms with Crippen LogP contribution in [0, 0.1) is 5.41 Å². The number of anilines is 1. The molecule has 0 radical (unpaired) electrons. The summed E-state index contributed by atoms with van der Waals surface area (Å²) in [7, 11) is 1.77. The molecule has 0 bridgehead atoms. The van der Waals surface area contributed by atoms with Gasteiger partial charge in [0, 0.05) is 13.6 Å². The summed E-state index contributed by atoms with van der Waals surface area (Å²) in [6.45, 7) is 2.10. The summed E-state index contributed by atoms with van der Waals surface area (Å²) in [6.07, 6.45) is 1.01. The third-order valence-electron chi connectivity index (χ3n) is 1.89. The zero-order valence-corrected chi connectivity index (χ0v) is 8.81. The minimum absolute atomic E-state index is 0.0580. The predicted octanol–water partition coefficient (Wildman–Crippen LogP) is -0.422. The Morgan fingerprint density at radius 3 is 2.93 bits per heavy atom. The molecular formula is C9H15N5O. The second-order valence-electron chi connectivity index (χ2n) is 3.41. The van der Waals surface area contributed by atoms with E-state index in [9.17, 15) is 5.11 Å². The van der Waals surface area contributed by atoms with Crippen molar-refractivity contribution in [3.8, 4) is 0 Å². The number of nitrogen functional groups attached to an aromatic ring is 1. The van der Waals surface area contributed by atoms with Crippen molar-refractivity contribution in [2.24, 2.45) is 5.73 Å². The molecule has 0 aromatic carbocycles. The quantitative estimate of drug-likeness (QED) is 0.462. The van der Waals surface area contributed by atoms with E-state index >= 15 is 0 Å². The van der Waals surface area contributed by atoms with Gasteiger partial charge >= 0.3 is 0 Å². The molecular weight excluding hydrogens is 194 g/mol. The van der Waals surface area contributed by atoms with Crippen LogP contribution in [-0.2, 0) is 0 Å². The molecule has 1 unspecified atom stereocenters. The standard InChI is InChI=1S/C9H15N5O/c1-6(15)5-14(2)9-7(8(10)11)3-4-12-13-9/h3-4,6,15H,5H2,1-2H3,(H3,10,11). The highest BCUT2D eigenvalue weighted by atomic mass is 16.3. The fourth-order valence-corrected chi connectivity index (χ4v) is 1.30. The van der Waals surface area contributed by atoms with E-state index in [0.29, 0.717) is 17.9 Å². The van der Waals surface area contributed by atoms with E-state index in [1.165, 1.54) is 6.20 Å². The molecule has 0 aliphatic carbocycles. The maximum Gasteiger partial charge on any atom is 0.162 e. The van der Waals surface area contributed by atoms with Crippen LogP contribution in [0.1, 0.15) is 12.5 Å². The molecule has 82 valence electrons. The highest BCUT2D eigenvalue weighted by Crippen LogP contribution is 2.13. The number of aromatic nitrogens is 2. The van der Waals surface area contributed by atoms with Crippen molar-refractivity contribution in [3.63, 3.8) is 0 Å². The lowest BCUT2D eigenvalue weighted by molar-refractivity contribution is 0.201. The molecule has 6 heteroatoms. The lowest BCUT2D eigenvalue weighted by Crippen LogP contribution is -2.30. The minimum atomic E-state index is -0.475. The van der Waals surface area contributed by atoms with Gasteiger partial charge in [-0.15, -0.1) is 5.10 Å². The molecule has 1 aromatic heterocycles. The van der Waals surface area contributed by atoms with Crippen LogP contribution >= 0.6 is 0 Å². The van der Waals surface area contributed by atoms with Gasteiger partial charge in [-0.3, -0.25) is 5.41 Å². The van der Waals surface area contributed by atoms with Crippen molar-refractivity contribution in [1.82, 2.24) is 10.2 Å². The first kappa shape index (κ1) is 11.4. The maximum absolute atomic E-state index is 9.24. The molecule has 15 heavy (non-hydrogen) atoms. The summed E-state index contributed by atoms with van der Waals surface area (Å²) in [5, 5.41) is 24.2. The predicted molar refractivity (Wildman–Crippen MR) is 58.0 cm³/mol. The van der Waals surface area contributed by atoms with E-state index < -0.39 is 6.10 Å². The summed E-state index contributed by atoms with van der Waals surface area (Å²) in [4.78, 5) is 1.72. The van der Waals surface area contributed by atoms with Crippen molar-refractivity contribution >= 4 is 11.7 Å². The van der Waals surface area contributed by atoms with Crippen LogP contribution in [0.15, 0.2) is 12.3 Å². The van der Waals surface area contributed by atoms with E-state index in [0.717, 1.165) is 0 Å². The Hall–Kier alpha value is -1.69. The maximum atomic E-state index is 9.24. The van der Waals surface area contributed by atoms with Crippen molar-refractivity contribution in [3.05, 3.63) is 17.8 Å². The van der Waals surface area contributed by atoms with Crippen molar-refractivity contribution < 1.29 is 5.11 Å². The van der Waals surface area contributed by atoms with Gasteiger partial charge in [0.2, 0.25) is 0 Å².